The molecule has 1 aliphatic carbocycles. The van der Waals surface area contributed by atoms with Gasteiger partial charge in [0.25, 0.3) is 0 Å². The Hall–Kier alpha value is -2.04. The summed E-state index contributed by atoms with van der Waals surface area (Å²) in [6.07, 6.45) is 3.13. The molecule has 2 aromatic carbocycles. The molecule has 1 heterocycles. The van der Waals surface area contributed by atoms with Gasteiger partial charge in [-0.3, -0.25) is 0 Å². The highest BCUT2D eigenvalue weighted by Crippen LogP contribution is 2.34. The molecule has 1 aliphatic rings. The number of rotatable bonds is 4. The number of hydrogen-bond donors (Lipinski definition) is 1. The van der Waals surface area contributed by atoms with E-state index < -0.39 is 0 Å². The van der Waals surface area contributed by atoms with Crippen LogP contribution in [-0.4, -0.2) is 30.0 Å². The van der Waals surface area contributed by atoms with Gasteiger partial charge in [-0.2, -0.15) is 0 Å². The van der Waals surface area contributed by atoms with Crippen LogP contribution in [0, 0.1) is 5.82 Å². The van der Waals surface area contributed by atoms with Crippen LogP contribution in [0.2, 0.25) is 0 Å². The summed E-state index contributed by atoms with van der Waals surface area (Å²) in [6.45, 7) is 0.371. The zero-order chi connectivity index (χ0) is 17.4. The Morgan fingerprint density at radius 3 is 2.69 bits per heavy atom. The van der Waals surface area contributed by atoms with Crippen LogP contribution in [0.1, 0.15) is 23.2 Å². The largest absolute Gasteiger partial charge is 0.486 e. The summed E-state index contributed by atoms with van der Waals surface area (Å²) in [4.78, 5) is 5.68. The molecule has 1 aromatic heterocycles. The molecule has 5 heteroatoms. The van der Waals surface area contributed by atoms with E-state index in [0.29, 0.717) is 18.4 Å². The molecular weight excluding hydrogens is 351 g/mol. The van der Waals surface area contributed by atoms with Crippen molar-refractivity contribution in [3.05, 3.63) is 65.1 Å². The molecular formula is C21H24ClFN2O. The lowest BCUT2D eigenvalue weighted by Crippen LogP contribution is -2.33. The topological polar surface area (TPSA) is 28.3 Å². The third-order valence-electron chi connectivity index (χ3n) is 5.18. The number of fused-ring (bicyclic) bond motifs is 3. The minimum absolute atomic E-state index is 0. The Morgan fingerprint density at radius 1 is 1.19 bits per heavy atom. The number of nitrogens with one attached hydrogen (secondary N) is 1. The number of likely N-dealkylation sites (N-methyl/N-ethyl adjacent to an activating group) is 1. The second kappa shape index (κ2) is 7.68. The summed E-state index contributed by atoms with van der Waals surface area (Å²) in [5.41, 5.74) is 4.46. The number of aryl methyl sites for hydroxylation is 1. The van der Waals surface area contributed by atoms with Crippen LogP contribution in [0.15, 0.2) is 42.5 Å². The van der Waals surface area contributed by atoms with Gasteiger partial charge in [-0.05, 0) is 50.6 Å². The third-order valence-corrected chi connectivity index (χ3v) is 5.18. The van der Waals surface area contributed by atoms with Gasteiger partial charge < -0.3 is 14.6 Å². The van der Waals surface area contributed by atoms with E-state index in [4.69, 9.17) is 4.74 Å². The molecule has 1 atom stereocenters. The van der Waals surface area contributed by atoms with Crippen molar-refractivity contribution in [2.24, 2.45) is 0 Å². The van der Waals surface area contributed by atoms with Gasteiger partial charge in [-0.15, -0.1) is 12.4 Å². The number of H-pyrrole nitrogens is 1. The molecule has 26 heavy (non-hydrogen) atoms. The van der Waals surface area contributed by atoms with Crippen LogP contribution < -0.4 is 4.74 Å². The standard InChI is InChI=1S/C21H23FN2O.ClH/c1-24(2)15-8-9-19-16(10-15)17-11-21(18(22)12-20(17)23-19)25-13-14-6-4-3-5-7-14;/h3-7,11-12,15,23H,8-10,13H2,1-2H3;1H. The molecule has 3 nitrogen and oxygen atoms in total. The van der Waals surface area contributed by atoms with E-state index in [1.165, 1.54) is 11.3 Å². The molecule has 0 amide bonds. The van der Waals surface area contributed by atoms with Crippen molar-refractivity contribution in [3.63, 3.8) is 0 Å². The molecule has 0 fully saturated rings. The van der Waals surface area contributed by atoms with Gasteiger partial charge in [0, 0.05) is 28.7 Å². The summed E-state index contributed by atoms with van der Waals surface area (Å²) in [5, 5.41) is 1.09. The second-order valence-electron chi connectivity index (χ2n) is 7.04. The van der Waals surface area contributed by atoms with Crippen LogP contribution in [0.5, 0.6) is 5.75 Å². The Morgan fingerprint density at radius 2 is 1.96 bits per heavy atom. The van der Waals surface area contributed by atoms with Crippen LogP contribution in [0.4, 0.5) is 4.39 Å². The molecule has 0 aliphatic heterocycles. The minimum Gasteiger partial charge on any atom is -0.486 e. The van der Waals surface area contributed by atoms with Crippen molar-refractivity contribution in [2.75, 3.05) is 14.1 Å². The summed E-state index contributed by atoms with van der Waals surface area (Å²) < 4.78 is 20.2. The average Bonchev–Trinajstić information content (AvgIpc) is 2.97. The van der Waals surface area contributed by atoms with Gasteiger partial charge in [-0.1, -0.05) is 30.3 Å². The maximum atomic E-state index is 14.4. The first-order valence-corrected chi connectivity index (χ1v) is 8.78. The lowest BCUT2D eigenvalue weighted by molar-refractivity contribution is 0.268. The van der Waals surface area contributed by atoms with Crippen molar-refractivity contribution < 1.29 is 9.13 Å². The van der Waals surface area contributed by atoms with Gasteiger partial charge in [0.05, 0.1) is 0 Å². The predicted molar refractivity (Wildman–Crippen MR) is 106 cm³/mol. The Kier molecular flexibility index (Phi) is 5.54. The van der Waals surface area contributed by atoms with E-state index in [0.717, 1.165) is 35.7 Å². The van der Waals surface area contributed by atoms with Crippen LogP contribution in [0.25, 0.3) is 10.9 Å². The molecule has 0 bridgehead atoms. The van der Waals surface area contributed by atoms with E-state index >= 15 is 0 Å². The fraction of sp³-hybridized carbons (Fsp3) is 0.333. The maximum absolute atomic E-state index is 14.4. The van der Waals surface area contributed by atoms with Gasteiger partial charge in [-0.25, -0.2) is 4.39 Å². The number of ether oxygens (including phenoxy) is 1. The number of hydrogen-bond acceptors (Lipinski definition) is 2. The highest BCUT2D eigenvalue weighted by molar-refractivity contribution is 5.86. The molecule has 1 N–H and O–H groups in total. The quantitative estimate of drug-likeness (QED) is 0.715. The van der Waals surface area contributed by atoms with Gasteiger partial charge >= 0.3 is 0 Å². The number of benzene rings is 2. The Balaban J connectivity index is 0.00000196. The summed E-state index contributed by atoms with van der Waals surface area (Å²) in [6, 6.07) is 13.8. The Bertz CT molecular complexity index is 892. The fourth-order valence-electron chi connectivity index (χ4n) is 3.69. The first-order valence-electron chi connectivity index (χ1n) is 8.78. The molecule has 0 spiro atoms. The SMILES string of the molecule is CN(C)C1CCc2[nH]c3cc(F)c(OCc4ccccc4)cc3c2C1.Cl. The zero-order valence-electron chi connectivity index (χ0n) is 15.1. The van der Waals surface area contributed by atoms with Gasteiger partial charge in [0.2, 0.25) is 0 Å². The molecule has 4 rings (SSSR count). The van der Waals surface area contributed by atoms with Crippen molar-refractivity contribution in [1.82, 2.24) is 9.88 Å². The fourth-order valence-corrected chi connectivity index (χ4v) is 3.69. The lowest BCUT2D eigenvalue weighted by atomic mass is 9.91. The Labute approximate surface area is 159 Å². The smallest absolute Gasteiger partial charge is 0.167 e. The number of aromatic amines is 1. The van der Waals surface area contributed by atoms with Crippen LogP contribution in [-0.2, 0) is 19.4 Å². The van der Waals surface area contributed by atoms with Crippen molar-refractivity contribution in [3.8, 4) is 5.75 Å². The molecule has 0 saturated heterocycles. The minimum atomic E-state index is -0.314. The van der Waals surface area contributed by atoms with E-state index in [1.54, 1.807) is 6.07 Å². The van der Waals surface area contributed by atoms with E-state index in [1.807, 2.05) is 36.4 Å². The highest BCUT2D eigenvalue weighted by atomic mass is 35.5. The second-order valence-corrected chi connectivity index (χ2v) is 7.04. The monoisotopic (exact) mass is 374 g/mol. The van der Waals surface area contributed by atoms with Gasteiger partial charge in [0.15, 0.2) is 11.6 Å². The van der Waals surface area contributed by atoms with Crippen molar-refractivity contribution >= 4 is 23.3 Å². The first kappa shape index (κ1) is 18.7. The molecule has 0 saturated carbocycles. The van der Waals surface area contributed by atoms with Crippen molar-refractivity contribution in [1.29, 1.82) is 0 Å². The normalized spacial score (nSPS) is 16.4. The number of aromatic nitrogens is 1. The zero-order valence-corrected chi connectivity index (χ0v) is 15.9. The van der Waals surface area contributed by atoms with E-state index in [2.05, 4.69) is 24.0 Å². The first-order chi connectivity index (χ1) is 12.1. The predicted octanol–water partition coefficient (Wildman–Crippen LogP) is 4.73. The van der Waals surface area contributed by atoms with Crippen molar-refractivity contribution in [2.45, 2.75) is 31.9 Å². The molecule has 138 valence electrons. The van der Waals surface area contributed by atoms with E-state index in [-0.39, 0.29) is 18.2 Å². The average molecular weight is 375 g/mol. The lowest BCUT2D eigenvalue weighted by Gasteiger charge is -2.28. The summed E-state index contributed by atoms with van der Waals surface area (Å²) >= 11 is 0. The van der Waals surface area contributed by atoms with Crippen LogP contribution in [0.3, 0.4) is 0 Å². The number of halogens is 2. The highest BCUT2D eigenvalue weighted by Gasteiger charge is 2.24. The third kappa shape index (κ3) is 3.57. The molecule has 0 radical (unpaired) electrons. The summed E-state index contributed by atoms with van der Waals surface area (Å²) in [5.74, 6) is 0.0105. The molecule has 1 unspecified atom stereocenters. The van der Waals surface area contributed by atoms with Crippen LogP contribution >= 0.6 is 12.4 Å². The van der Waals surface area contributed by atoms with Gasteiger partial charge in [0.1, 0.15) is 6.61 Å². The van der Waals surface area contributed by atoms with E-state index in [9.17, 15) is 4.39 Å². The molecule has 3 aromatic rings. The maximum Gasteiger partial charge on any atom is 0.167 e. The summed E-state index contributed by atoms with van der Waals surface area (Å²) in [7, 11) is 4.25. The number of nitrogens with zero attached hydrogens (tertiary/aromatic N) is 1.